The Balaban J connectivity index is 1.79. The molecule has 0 amide bonds. The van der Waals surface area contributed by atoms with Crippen LogP contribution in [0.25, 0.3) is 0 Å². The number of sulfone groups is 1. The Hall–Kier alpha value is -0.780. The molecule has 0 saturated carbocycles. The molecule has 1 aliphatic rings. The van der Waals surface area contributed by atoms with Gasteiger partial charge in [-0.2, -0.15) is 0 Å². The Bertz CT molecular complexity index is 578. The van der Waals surface area contributed by atoms with Crippen molar-refractivity contribution in [2.24, 2.45) is 0 Å². The fourth-order valence-electron chi connectivity index (χ4n) is 2.69. The van der Waals surface area contributed by atoms with Gasteiger partial charge >= 0.3 is 0 Å². The third-order valence-corrected chi connectivity index (χ3v) is 5.36. The summed E-state index contributed by atoms with van der Waals surface area (Å²) >= 11 is 5.88. The highest BCUT2D eigenvalue weighted by Gasteiger charge is 2.31. The van der Waals surface area contributed by atoms with Gasteiger partial charge < -0.3 is 9.64 Å². The van der Waals surface area contributed by atoms with Crippen LogP contribution in [0.1, 0.15) is 26.2 Å². The third-order valence-electron chi connectivity index (χ3n) is 4.08. The molecule has 0 unspecified atom stereocenters. The highest BCUT2D eigenvalue weighted by atomic mass is 35.5. The first-order valence-electron chi connectivity index (χ1n) is 7.60. The molecule has 1 aromatic rings. The summed E-state index contributed by atoms with van der Waals surface area (Å²) < 4.78 is 28.4. The Labute approximate surface area is 138 Å². The van der Waals surface area contributed by atoms with E-state index in [0.29, 0.717) is 11.4 Å². The summed E-state index contributed by atoms with van der Waals surface area (Å²) in [7, 11) is -2.85. The number of benzene rings is 1. The van der Waals surface area contributed by atoms with E-state index in [4.69, 9.17) is 16.3 Å². The van der Waals surface area contributed by atoms with Crippen LogP contribution in [-0.4, -0.2) is 50.6 Å². The van der Waals surface area contributed by atoms with Gasteiger partial charge in [0, 0.05) is 24.4 Å². The van der Waals surface area contributed by atoms with Gasteiger partial charge in [0.1, 0.15) is 21.2 Å². The molecule has 0 spiro atoms. The van der Waals surface area contributed by atoms with Crippen molar-refractivity contribution < 1.29 is 13.2 Å². The van der Waals surface area contributed by atoms with Crippen molar-refractivity contribution in [1.82, 2.24) is 4.90 Å². The summed E-state index contributed by atoms with van der Waals surface area (Å²) in [6, 6.07) is 7.46. The molecule has 0 aromatic heterocycles. The summed E-state index contributed by atoms with van der Waals surface area (Å²) in [6.07, 6.45) is 3.87. The molecule has 0 radical (unpaired) electrons. The van der Waals surface area contributed by atoms with E-state index >= 15 is 0 Å². The predicted molar refractivity (Wildman–Crippen MR) is 90.5 cm³/mol. The van der Waals surface area contributed by atoms with Crippen molar-refractivity contribution in [2.75, 3.05) is 31.6 Å². The lowest BCUT2D eigenvalue weighted by Gasteiger charge is -2.39. The van der Waals surface area contributed by atoms with Crippen molar-refractivity contribution in [3.63, 3.8) is 0 Å². The average molecular weight is 346 g/mol. The van der Waals surface area contributed by atoms with Crippen LogP contribution < -0.4 is 4.74 Å². The van der Waals surface area contributed by atoms with Gasteiger partial charge in [0.05, 0.1) is 5.75 Å². The van der Waals surface area contributed by atoms with Crippen LogP contribution in [0, 0.1) is 0 Å². The first kappa shape index (κ1) is 17.6. The van der Waals surface area contributed by atoms with Gasteiger partial charge in [0.2, 0.25) is 0 Å². The topological polar surface area (TPSA) is 46.6 Å². The van der Waals surface area contributed by atoms with Gasteiger partial charge in [-0.05, 0) is 57.0 Å². The van der Waals surface area contributed by atoms with Crippen LogP contribution >= 0.6 is 11.6 Å². The van der Waals surface area contributed by atoms with Gasteiger partial charge in [-0.25, -0.2) is 8.42 Å². The standard InChI is InChI=1S/C16H24ClNO3S/c1-16(21-15-6-4-14(17)5-7-15)8-11-18(12-9-16)10-3-13-22(2,19)20/h4-7H,3,8-13H2,1-2H3. The number of hydrogen-bond donors (Lipinski definition) is 0. The summed E-state index contributed by atoms with van der Waals surface area (Å²) in [6.45, 7) is 4.85. The van der Waals surface area contributed by atoms with E-state index in [2.05, 4.69) is 11.8 Å². The zero-order valence-electron chi connectivity index (χ0n) is 13.2. The van der Waals surface area contributed by atoms with Gasteiger partial charge in [-0.3, -0.25) is 0 Å². The Kier molecular flexibility index (Phi) is 5.75. The largest absolute Gasteiger partial charge is 0.487 e. The van der Waals surface area contributed by atoms with Crippen LogP contribution in [0.5, 0.6) is 5.75 Å². The lowest BCUT2D eigenvalue weighted by atomic mass is 9.93. The molecule has 0 aliphatic carbocycles. The molecule has 124 valence electrons. The van der Waals surface area contributed by atoms with E-state index in [-0.39, 0.29) is 11.4 Å². The van der Waals surface area contributed by atoms with E-state index < -0.39 is 9.84 Å². The van der Waals surface area contributed by atoms with E-state index in [1.54, 1.807) is 0 Å². The molecule has 1 saturated heterocycles. The first-order chi connectivity index (χ1) is 10.3. The Morgan fingerprint density at radius 2 is 1.82 bits per heavy atom. The molecular formula is C16H24ClNO3S. The lowest BCUT2D eigenvalue weighted by Crippen LogP contribution is -2.46. The minimum Gasteiger partial charge on any atom is -0.487 e. The molecule has 6 heteroatoms. The summed E-state index contributed by atoms with van der Waals surface area (Å²) in [4.78, 5) is 2.32. The van der Waals surface area contributed by atoms with Gasteiger partial charge in [-0.15, -0.1) is 0 Å². The molecule has 2 rings (SSSR count). The molecule has 1 fully saturated rings. The van der Waals surface area contributed by atoms with E-state index in [0.717, 1.165) is 38.2 Å². The molecule has 4 nitrogen and oxygen atoms in total. The molecule has 1 aliphatic heterocycles. The second-order valence-corrected chi connectivity index (χ2v) is 9.03. The SMILES string of the molecule is CC1(Oc2ccc(Cl)cc2)CCN(CCCS(C)(=O)=O)CC1. The van der Waals surface area contributed by atoms with Crippen molar-refractivity contribution in [3.05, 3.63) is 29.3 Å². The minimum atomic E-state index is -2.85. The maximum atomic E-state index is 11.2. The average Bonchev–Trinajstić information content (AvgIpc) is 2.43. The second-order valence-electron chi connectivity index (χ2n) is 6.33. The Morgan fingerprint density at radius 1 is 1.23 bits per heavy atom. The lowest BCUT2D eigenvalue weighted by molar-refractivity contribution is 0.0169. The van der Waals surface area contributed by atoms with Gasteiger partial charge in [-0.1, -0.05) is 11.6 Å². The molecule has 1 aromatic carbocycles. The molecule has 0 bridgehead atoms. The van der Waals surface area contributed by atoms with Crippen molar-refractivity contribution in [2.45, 2.75) is 31.8 Å². The molecule has 1 heterocycles. The maximum absolute atomic E-state index is 11.2. The number of piperidine rings is 1. The van der Waals surface area contributed by atoms with E-state index in [9.17, 15) is 8.42 Å². The summed E-state index contributed by atoms with van der Waals surface area (Å²) in [5, 5.41) is 0.707. The van der Waals surface area contributed by atoms with Gasteiger partial charge in [0.25, 0.3) is 0 Å². The summed E-state index contributed by atoms with van der Waals surface area (Å²) in [5.41, 5.74) is -0.166. The number of hydrogen-bond acceptors (Lipinski definition) is 4. The van der Waals surface area contributed by atoms with Crippen molar-refractivity contribution in [3.8, 4) is 5.75 Å². The fourth-order valence-corrected chi connectivity index (χ4v) is 3.47. The quantitative estimate of drug-likeness (QED) is 0.795. The van der Waals surface area contributed by atoms with Crippen LogP contribution in [0.2, 0.25) is 5.02 Å². The van der Waals surface area contributed by atoms with Gasteiger partial charge in [0.15, 0.2) is 0 Å². The number of rotatable bonds is 6. The number of halogens is 1. The van der Waals surface area contributed by atoms with Crippen LogP contribution in [0.4, 0.5) is 0 Å². The summed E-state index contributed by atoms with van der Waals surface area (Å²) in [5.74, 6) is 1.11. The predicted octanol–water partition coefficient (Wildman–Crippen LogP) is 3.01. The smallest absolute Gasteiger partial charge is 0.147 e. The Morgan fingerprint density at radius 3 is 2.36 bits per heavy atom. The van der Waals surface area contributed by atoms with Crippen LogP contribution in [0.3, 0.4) is 0 Å². The van der Waals surface area contributed by atoms with Crippen molar-refractivity contribution in [1.29, 1.82) is 0 Å². The number of ether oxygens (including phenoxy) is 1. The molecule has 0 atom stereocenters. The highest BCUT2D eigenvalue weighted by Crippen LogP contribution is 2.29. The van der Waals surface area contributed by atoms with Crippen LogP contribution in [-0.2, 0) is 9.84 Å². The van der Waals surface area contributed by atoms with Crippen molar-refractivity contribution >= 4 is 21.4 Å². The molecule has 0 N–H and O–H groups in total. The fraction of sp³-hybridized carbons (Fsp3) is 0.625. The third kappa shape index (κ3) is 5.78. The number of likely N-dealkylation sites (tertiary alicyclic amines) is 1. The highest BCUT2D eigenvalue weighted by molar-refractivity contribution is 7.90. The van der Waals surface area contributed by atoms with Crippen LogP contribution in [0.15, 0.2) is 24.3 Å². The molecule has 22 heavy (non-hydrogen) atoms. The zero-order valence-corrected chi connectivity index (χ0v) is 14.8. The maximum Gasteiger partial charge on any atom is 0.147 e. The molecular weight excluding hydrogens is 322 g/mol. The van der Waals surface area contributed by atoms with E-state index in [1.807, 2.05) is 24.3 Å². The number of nitrogens with zero attached hydrogens (tertiary/aromatic N) is 1. The second kappa shape index (κ2) is 7.20. The van der Waals surface area contributed by atoms with E-state index in [1.165, 1.54) is 6.26 Å². The monoisotopic (exact) mass is 345 g/mol. The normalized spacial score (nSPS) is 19.0. The minimum absolute atomic E-state index is 0.166. The first-order valence-corrected chi connectivity index (χ1v) is 10.0. The zero-order chi connectivity index (χ0) is 16.2.